The summed E-state index contributed by atoms with van der Waals surface area (Å²) in [6, 6.07) is 0. The van der Waals surface area contributed by atoms with Crippen molar-refractivity contribution in [1.82, 2.24) is 10.2 Å². The summed E-state index contributed by atoms with van der Waals surface area (Å²) in [5.74, 6) is 7.63. The summed E-state index contributed by atoms with van der Waals surface area (Å²) < 4.78 is 5.77. The molecule has 1 saturated heterocycles. The molecule has 104 valence electrons. The van der Waals surface area contributed by atoms with Crippen molar-refractivity contribution in [2.45, 2.75) is 33.8 Å². The van der Waals surface area contributed by atoms with Crippen molar-refractivity contribution < 1.29 is 4.74 Å². The normalized spacial score (nSPS) is 21.1. The van der Waals surface area contributed by atoms with E-state index in [0.717, 1.165) is 39.3 Å². The highest BCUT2D eigenvalue weighted by Crippen LogP contribution is 2.04. The number of morpholine rings is 1. The molecule has 0 spiro atoms. The predicted molar refractivity (Wildman–Crippen MR) is 76.5 cm³/mol. The average Bonchev–Trinajstić information content (AvgIpc) is 2.28. The molecule has 1 heterocycles. The van der Waals surface area contributed by atoms with Crippen LogP contribution in [0, 0.1) is 23.7 Å². The zero-order valence-corrected chi connectivity index (χ0v) is 12.3. The Labute approximate surface area is 112 Å². The topological polar surface area (TPSA) is 24.5 Å². The minimum Gasteiger partial charge on any atom is -0.374 e. The zero-order chi connectivity index (χ0) is 13.4. The molecular weight excluding hydrogens is 224 g/mol. The van der Waals surface area contributed by atoms with Crippen LogP contribution in [0.4, 0.5) is 0 Å². The van der Waals surface area contributed by atoms with Gasteiger partial charge in [-0.05, 0) is 12.5 Å². The second kappa shape index (κ2) is 8.53. The number of hydrogen-bond acceptors (Lipinski definition) is 3. The fourth-order valence-electron chi connectivity index (χ4n) is 1.94. The lowest BCUT2D eigenvalue weighted by molar-refractivity contribution is -0.0226. The van der Waals surface area contributed by atoms with Gasteiger partial charge in [0.25, 0.3) is 0 Å². The Balaban J connectivity index is 2.22. The third kappa shape index (κ3) is 7.00. The van der Waals surface area contributed by atoms with E-state index in [9.17, 15) is 0 Å². The van der Waals surface area contributed by atoms with E-state index >= 15 is 0 Å². The van der Waals surface area contributed by atoms with E-state index in [0.29, 0.717) is 17.9 Å². The summed E-state index contributed by atoms with van der Waals surface area (Å²) >= 11 is 0. The second-order valence-corrected chi connectivity index (χ2v) is 5.76. The molecule has 0 radical (unpaired) electrons. The monoisotopic (exact) mass is 252 g/mol. The average molecular weight is 252 g/mol. The standard InChI is InChI=1S/C15H28N2O/c1-13(2)6-5-7-17-8-9-18-15(12-17)11-16-10-14(3)4/h13-16H,7-12H2,1-4H3. The summed E-state index contributed by atoms with van der Waals surface area (Å²) in [6.45, 7) is 14.4. The van der Waals surface area contributed by atoms with Gasteiger partial charge in [0.05, 0.1) is 19.3 Å². The van der Waals surface area contributed by atoms with Crippen LogP contribution in [0.5, 0.6) is 0 Å². The van der Waals surface area contributed by atoms with Crippen molar-refractivity contribution in [3.63, 3.8) is 0 Å². The van der Waals surface area contributed by atoms with Gasteiger partial charge in [-0.2, -0.15) is 0 Å². The predicted octanol–water partition coefficient (Wildman–Crippen LogP) is 1.59. The highest BCUT2D eigenvalue weighted by molar-refractivity contribution is 5.03. The molecule has 1 rings (SSSR count). The van der Waals surface area contributed by atoms with Gasteiger partial charge >= 0.3 is 0 Å². The molecular formula is C15H28N2O. The van der Waals surface area contributed by atoms with Gasteiger partial charge in [-0.1, -0.05) is 39.5 Å². The van der Waals surface area contributed by atoms with Crippen LogP contribution < -0.4 is 5.32 Å². The van der Waals surface area contributed by atoms with E-state index in [-0.39, 0.29) is 0 Å². The van der Waals surface area contributed by atoms with Gasteiger partial charge in [0.2, 0.25) is 0 Å². The van der Waals surface area contributed by atoms with E-state index < -0.39 is 0 Å². The third-order valence-corrected chi connectivity index (χ3v) is 2.84. The lowest BCUT2D eigenvalue weighted by Crippen LogP contribution is -2.47. The van der Waals surface area contributed by atoms with Gasteiger partial charge in [0, 0.05) is 25.6 Å². The van der Waals surface area contributed by atoms with Crippen LogP contribution in [0.2, 0.25) is 0 Å². The third-order valence-electron chi connectivity index (χ3n) is 2.84. The fourth-order valence-corrected chi connectivity index (χ4v) is 1.94. The molecule has 1 atom stereocenters. The Kier molecular flexibility index (Phi) is 7.34. The first kappa shape index (κ1) is 15.5. The summed E-state index contributed by atoms with van der Waals surface area (Å²) in [7, 11) is 0. The molecule has 0 amide bonds. The number of nitrogens with one attached hydrogen (secondary N) is 1. The maximum absolute atomic E-state index is 5.77. The van der Waals surface area contributed by atoms with Crippen LogP contribution >= 0.6 is 0 Å². The first-order valence-electron chi connectivity index (χ1n) is 7.11. The maximum atomic E-state index is 5.77. The SMILES string of the molecule is CC(C)C#CCN1CCOC(CNCC(C)C)C1. The maximum Gasteiger partial charge on any atom is 0.0827 e. The van der Waals surface area contributed by atoms with Crippen molar-refractivity contribution in [3.05, 3.63) is 0 Å². The number of rotatable bonds is 5. The zero-order valence-electron chi connectivity index (χ0n) is 12.3. The fraction of sp³-hybridized carbons (Fsp3) is 0.867. The van der Waals surface area contributed by atoms with Crippen molar-refractivity contribution >= 4 is 0 Å². The molecule has 0 saturated carbocycles. The molecule has 1 N–H and O–H groups in total. The molecule has 3 heteroatoms. The van der Waals surface area contributed by atoms with Gasteiger partial charge < -0.3 is 10.1 Å². The van der Waals surface area contributed by atoms with Crippen molar-refractivity contribution in [3.8, 4) is 11.8 Å². The second-order valence-electron chi connectivity index (χ2n) is 5.76. The molecule has 1 unspecified atom stereocenters. The molecule has 3 nitrogen and oxygen atoms in total. The van der Waals surface area contributed by atoms with Crippen LogP contribution in [-0.4, -0.2) is 50.3 Å². The Morgan fingerprint density at radius 2 is 2.11 bits per heavy atom. The summed E-state index contributed by atoms with van der Waals surface area (Å²) in [6.07, 6.45) is 0.318. The molecule has 18 heavy (non-hydrogen) atoms. The lowest BCUT2D eigenvalue weighted by atomic mass is 10.2. The largest absolute Gasteiger partial charge is 0.374 e. The molecule has 0 aromatic rings. The van der Waals surface area contributed by atoms with E-state index in [2.05, 4.69) is 49.8 Å². The van der Waals surface area contributed by atoms with E-state index in [1.165, 1.54) is 0 Å². The van der Waals surface area contributed by atoms with E-state index in [1.807, 2.05) is 0 Å². The van der Waals surface area contributed by atoms with Crippen molar-refractivity contribution in [1.29, 1.82) is 0 Å². The Morgan fingerprint density at radius 1 is 1.33 bits per heavy atom. The lowest BCUT2D eigenvalue weighted by Gasteiger charge is -2.32. The summed E-state index contributed by atoms with van der Waals surface area (Å²) in [5, 5.41) is 3.46. The molecule has 0 aromatic heterocycles. The number of hydrogen-bond donors (Lipinski definition) is 1. The highest BCUT2D eigenvalue weighted by atomic mass is 16.5. The van der Waals surface area contributed by atoms with Crippen molar-refractivity contribution in [2.75, 3.05) is 39.3 Å². The van der Waals surface area contributed by atoms with Crippen LogP contribution in [0.1, 0.15) is 27.7 Å². The minimum atomic E-state index is 0.318. The van der Waals surface area contributed by atoms with E-state index in [1.54, 1.807) is 0 Å². The molecule has 1 aliphatic heterocycles. The quantitative estimate of drug-likeness (QED) is 0.752. The smallest absolute Gasteiger partial charge is 0.0827 e. The number of nitrogens with zero attached hydrogens (tertiary/aromatic N) is 1. The highest BCUT2D eigenvalue weighted by Gasteiger charge is 2.19. The van der Waals surface area contributed by atoms with Crippen molar-refractivity contribution in [2.24, 2.45) is 11.8 Å². The Hall–Kier alpha value is -0.560. The molecule has 1 fully saturated rings. The summed E-state index contributed by atoms with van der Waals surface area (Å²) in [5.41, 5.74) is 0. The first-order valence-corrected chi connectivity index (χ1v) is 7.11. The number of ether oxygens (including phenoxy) is 1. The molecule has 0 bridgehead atoms. The van der Waals surface area contributed by atoms with Crippen LogP contribution in [0.3, 0.4) is 0 Å². The summed E-state index contributed by atoms with van der Waals surface area (Å²) in [4.78, 5) is 2.39. The van der Waals surface area contributed by atoms with Crippen LogP contribution in [0.15, 0.2) is 0 Å². The van der Waals surface area contributed by atoms with Gasteiger partial charge in [-0.15, -0.1) is 0 Å². The van der Waals surface area contributed by atoms with Gasteiger partial charge in [-0.25, -0.2) is 0 Å². The van der Waals surface area contributed by atoms with Crippen LogP contribution in [-0.2, 0) is 4.74 Å². The Bertz CT molecular complexity index is 278. The van der Waals surface area contributed by atoms with Gasteiger partial charge in [0.1, 0.15) is 0 Å². The van der Waals surface area contributed by atoms with Gasteiger partial charge in [0.15, 0.2) is 0 Å². The molecule has 1 aliphatic rings. The first-order chi connectivity index (χ1) is 8.58. The van der Waals surface area contributed by atoms with E-state index in [4.69, 9.17) is 4.74 Å². The molecule has 0 aromatic carbocycles. The minimum absolute atomic E-state index is 0.318. The van der Waals surface area contributed by atoms with Gasteiger partial charge in [-0.3, -0.25) is 4.90 Å². The molecule has 0 aliphatic carbocycles. The van der Waals surface area contributed by atoms with Crippen LogP contribution in [0.25, 0.3) is 0 Å². The Morgan fingerprint density at radius 3 is 2.78 bits per heavy atom.